The van der Waals surface area contributed by atoms with E-state index in [0.29, 0.717) is 0 Å². The molecular formula is C15H26N2OS. The first kappa shape index (κ1) is 15.0. The topological polar surface area (TPSA) is 49.5 Å². The van der Waals surface area contributed by atoms with E-state index in [9.17, 15) is 5.11 Å². The van der Waals surface area contributed by atoms with Crippen LogP contribution >= 0.6 is 11.3 Å². The summed E-state index contributed by atoms with van der Waals surface area (Å²) in [5, 5.41) is 12.7. The molecule has 1 aliphatic rings. The molecule has 3 N–H and O–H groups in total. The highest BCUT2D eigenvalue weighted by atomic mass is 32.1. The Kier molecular flexibility index (Phi) is 5.01. The molecule has 0 radical (unpaired) electrons. The lowest BCUT2D eigenvalue weighted by molar-refractivity contribution is 0.00210. The van der Waals surface area contributed by atoms with Gasteiger partial charge in [0.1, 0.15) is 0 Å². The molecule has 0 aliphatic heterocycles. The third-order valence-electron chi connectivity index (χ3n) is 4.26. The van der Waals surface area contributed by atoms with Crippen molar-refractivity contribution < 1.29 is 5.11 Å². The molecule has 1 heterocycles. The summed E-state index contributed by atoms with van der Waals surface area (Å²) < 4.78 is 0. The van der Waals surface area contributed by atoms with Crippen molar-refractivity contribution in [2.75, 3.05) is 13.6 Å². The largest absolute Gasteiger partial charge is 0.389 e. The van der Waals surface area contributed by atoms with Crippen molar-refractivity contribution in [2.45, 2.75) is 56.7 Å². The number of aliphatic hydroxyl groups is 1. The first-order valence-corrected chi connectivity index (χ1v) is 8.15. The maximum absolute atomic E-state index is 10.6. The Morgan fingerprint density at radius 1 is 1.47 bits per heavy atom. The maximum Gasteiger partial charge on any atom is 0.0774 e. The van der Waals surface area contributed by atoms with Crippen LogP contribution in [0.3, 0.4) is 0 Å². The summed E-state index contributed by atoms with van der Waals surface area (Å²) in [5.74, 6) is 0. The van der Waals surface area contributed by atoms with Crippen LogP contribution in [0.25, 0.3) is 0 Å². The Labute approximate surface area is 120 Å². The van der Waals surface area contributed by atoms with E-state index in [1.165, 1.54) is 4.88 Å². The van der Waals surface area contributed by atoms with Crippen LogP contribution in [0.15, 0.2) is 17.5 Å². The van der Waals surface area contributed by atoms with Gasteiger partial charge in [0, 0.05) is 17.5 Å². The summed E-state index contributed by atoms with van der Waals surface area (Å²) >= 11 is 1.76. The average Bonchev–Trinajstić information content (AvgIpc) is 3.01. The lowest BCUT2D eigenvalue weighted by atomic mass is 9.98. The van der Waals surface area contributed by atoms with Crippen LogP contribution in [0, 0.1) is 0 Å². The molecule has 3 nitrogen and oxygen atoms in total. The van der Waals surface area contributed by atoms with Crippen molar-refractivity contribution in [3.8, 4) is 0 Å². The zero-order valence-electron chi connectivity index (χ0n) is 12.0. The van der Waals surface area contributed by atoms with Gasteiger partial charge in [-0.05, 0) is 37.8 Å². The third kappa shape index (κ3) is 3.57. The molecule has 0 saturated heterocycles. The van der Waals surface area contributed by atoms with Gasteiger partial charge in [-0.15, -0.1) is 11.3 Å². The smallest absolute Gasteiger partial charge is 0.0774 e. The van der Waals surface area contributed by atoms with E-state index in [0.717, 1.165) is 38.6 Å². The second-order valence-electron chi connectivity index (χ2n) is 5.88. The number of thiophene rings is 1. The van der Waals surface area contributed by atoms with Crippen LogP contribution in [0.2, 0.25) is 0 Å². The Morgan fingerprint density at radius 2 is 2.16 bits per heavy atom. The minimum Gasteiger partial charge on any atom is -0.389 e. The molecule has 2 atom stereocenters. The molecule has 1 aromatic heterocycles. The van der Waals surface area contributed by atoms with Crippen LogP contribution < -0.4 is 5.73 Å². The molecule has 108 valence electrons. The fourth-order valence-corrected chi connectivity index (χ4v) is 4.16. The molecule has 0 spiro atoms. The van der Waals surface area contributed by atoms with Gasteiger partial charge in [0.2, 0.25) is 0 Å². The molecule has 0 bridgehead atoms. The van der Waals surface area contributed by atoms with Gasteiger partial charge in [0.05, 0.1) is 11.6 Å². The summed E-state index contributed by atoms with van der Waals surface area (Å²) in [6, 6.07) is 4.57. The number of likely N-dealkylation sites (N-methyl/N-ethyl adjacent to an activating group) is 1. The molecular weight excluding hydrogens is 256 g/mol. The number of nitrogens with zero attached hydrogens (tertiary/aromatic N) is 1. The standard InChI is InChI=1S/C15H26N2OS/c1-3-12(16)14(13-7-6-10-19-13)17(2)11-15(18)8-4-5-9-15/h6-7,10,12,14,18H,3-5,8-9,11,16H2,1-2H3. The number of rotatable bonds is 6. The first-order valence-electron chi connectivity index (χ1n) is 7.27. The van der Waals surface area contributed by atoms with Gasteiger partial charge < -0.3 is 10.8 Å². The predicted octanol–water partition coefficient (Wildman–Crippen LogP) is 2.76. The summed E-state index contributed by atoms with van der Waals surface area (Å²) in [4.78, 5) is 3.56. The number of hydrogen-bond acceptors (Lipinski definition) is 4. The lowest BCUT2D eigenvalue weighted by Crippen LogP contribution is -2.45. The second-order valence-corrected chi connectivity index (χ2v) is 6.86. The van der Waals surface area contributed by atoms with Crippen LogP contribution in [-0.4, -0.2) is 35.2 Å². The summed E-state index contributed by atoms with van der Waals surface area (Å²) in [6.07, 6.45) is 5.10. The number of nitrogens with two attached hydrogens (primary N) is 1. The van der Waals surface area contributed by atoms with Crippen LogP contribution in [0.4, 0.5) is 0 Å². The second kappa shape index (κ2) is 6.35. The lowest BCUT2D eigenvalue weighted by Gasteiger charge is -2.36. The Bertz CT molecular complexity index is 374. The SMILES string of the molecule is CCC(N)C(c1cccs1)N(C)CC1(O)CCCC1. The van der Waals surface area contributed by atoms with Gasteiger partial charge in [-0.3, -0.25) is 4.90 Å². The van der Waals surface area contributed by atoms with Crippen molar-refractivity contribution in [1.29, 1.82) is 0 Å². The zero-order valence-corrected chi connectivity index (χ0v) is 12.8. The normalized spacial score (nSPS) is 21.7. The molecule has 1 aliphatic carbocycles. The van der Waals surface area contributed by atoms with Gasteiger partial charge in [-0.25, -0.2) is 0 Å². The van der Waals surface area contributed by atoms with E-state index in [2.05, 4.69) is 36.4 Å². The highest BCUT2D eigenvalue weighted by Gasteiger charge is 2.35. The van der Waals surface area contributed by atoms with E-state index in [-0.39, 0.29) is 12.1 Å². The molecule has 2 rings (SSSR count). The fourth-order valence-electron chi connectivity index (χ4n) is 3.19. The van der Waals surface area contributed by atoms with Gasteiger partial charge in [-0.1, -0.05) is 25.8 Å². The fraction of sp³-hybridized carbons (Fsp3) is 0.733. The average molecular weight is 282 g/mol. The van der Waals surface area contributed by atoms with Crippen molar-refractivity contribution in [1.82, 2.24) is 4.90 Å². The van der Waals surface area contributed by atoms with E-state index in [1.807, 2.05) is 0 Å². The minimum absolute atomic E-state index is 0.119. The molecule has 4 heteroatoms. The Balaban J connectivity index is 2.09. The molecule has 0 aromatic carbocycles. The summed E-state index contributed by atoms with van der Waals surface area (Å²) in [7, 11) is 2.09. The quantitative estimate of drug-likeness (QED) is 0.843. The molecule has 2 unspecified atom stereocenters. The summed E-state index contributed by atoms with van der Waals surface area (Å²) in [6.45, 7) is 2.85. The van der Waals surface area contributed by atoms with Gasteiger partial charge in [0.25, 0.3) is 0 Å². The molecule has 19 heavy (non-hydrogen) atoms. The maximum atomic E-state index is 10.6. The van der Waals surface area contributed by atoms with Crippen molar-refractivity contribution in [3.05, 3.63) is 22.4 Å². The highest BCUT2D eigenvalue weighted by molar-refractivity contribution is 7.10. The molecule has 1 fully saturated rings. The van der Waals surface area contributed by atoms with E-state index >= 15 is 0 Å². The first-order chi connectivity index (χ1) is 9.06. The molecule has 1 aromatic rings. The molecule has 1 saturated carbocycles. The Hall–Kier alpha value is -0.420. The van der Waals surface area contributed by atoms with Crippen LogP contribution in [-0.2, 0) is 0 Å². The third-order valence-corrected chi connectivity index (χ3v) is 5.21. The minimum atomic E-state index is -0.502. The Morgan fingerprint density at radius 3 is 2.68 bits per heavy atom. The van der Waals surface area contributed by atoms with Gasteiger partial charge in [0.15, 0.2) is 0 Å². The zero-order chi connectivity index (χ0) is 13.9. The van der Waals surface area contributed by atoms with Crippen molar-refractivity contribution in [3.63, 3.8) is 0 Å². The van der Waals surface area contributed by atoms with E-state index in [1.54, 1.807) is 11.3 Å². The molecule has 0 amide bonds. The van der Waals surface area contributed by atoms with Crippen LogP contribution in [0.5, 0.6) is 0 Å². The van der Waals surface area contributed by atoms with Crippen LogP contribution in [0.1, 0.15) is 49.9 Å². The van der Waals surface area contributed by atoms with E-state index in [4.69, 9.17) is 5.73 Å². The highest BCUT2D eigenvalue weighted by Crippen LogP contribution is 2.34. The van der Waals surface area contributed by atoms with Crippen molar-refractivity contribution >= 4 is 11.3 Å². The van der Waals surface area contributed by atoms with Gasteiger partial charge in [-0.2, -0.15) is 0 Å². The van der Waals surface area contributed by atoms with Gasteiger partial charge >= 0.3 is 0 Å². The van der Waals surface area contributed by atoms with E-state index < -0.39 is 5.60 Å². The van der Waals surface area contributed by atoms with Crippen molar-refractivity contribution in [2.24, 2.45) is 5.73 Å². The number of hydrogen-bond donors (Lipinski definition) is 2. The summed E-state index contributed by atoms with van der Waals surface area (Å²) in [5.41, 5.74) is 5.81. The predicted molar refractivity (Wildman–Crippen MR) is 81.4 cm³/mol. The monoisotopic (exact) mass is 282 g/mol.